The Labute approximate surface area is 111 Å². The summed E-state index contributed by atoms with van der Waals surface area (Å²) in [5.74, 6) is 0.717. The smallest absolute Gasteiger partial charge is 0.220 e. The first kappa shape index (κ1) is 12.8. The third kappa shape index (κ3) is 2.98. The zero-order valence-corrected chi connectivity index (χ0v) is 10.8. The molecule has 0 spiro atoms. The number of nitrogens with zero attached hydrogens (tertiary/aromatic N) is 2. The Kier molecular flexibility index (Phi) is 3.61. The van der Waals surface area contributed by atoms with Crippen LogP contribution in [0.5, 0.6) is 0 Å². The van der Waals surface area contributed by atoms with Crippen LogP contribution in [0.15, 0.2) is 36.5 Å². The molecule has 0 aliphatic heterocycles. The molecule has 0 aliphatic rings. The lowest BCUT2D eigenvalue weighted by Crippen LogP contribution is -2.09. The van der Waals surface area contributed by atoms with Crippen LogP contribution in [0.4, 0.5) is 5.82 Å². The molecule has 0 atom stereocenters. The predicted molar refractivity (Wildman–Crippen MR) is 74.4 cm³/mol. The lowest BCUT2D eigenvalue weighted by atomic mass is 10.2. The second kappa shape index (κ2) is 5.34. The van der Waals surface area contributed by atoms with Crippen molar-refractivity contribution in [1.82, 2.24) is 9.78 Å². The van der Waals surface area contributed by atoms with Crippen LogP contribution in [0.2, 0.25) is 0 Å². The molecule has 0 bridgehead atoms. The molecule has 2 aromatic rings. The van der Waals surface area contributed by atoms with E-state index in [4.69, 9.17) is 15.6 Å². The van der Waals surface area contributed by atoms with E-state index >= 15 is 0 Å². The highest BCUT2D eigenvalue weighted by molar-refractivity contribution is 5.98. The zero-order valence-electron chi connectivity index (χ0n) is 10.8. The van der Waals surface area contributed by atoms with E-state index in [2.05, 4.69) is 10.4 Å². The molecule has 6 heteroatoms. The van der Waals surface area contributed by atoms with Gasteiger partial charge in [0.15, 0.2) is 5.90 Å². The molecule has 0 radical (unpaired) electrons. The first-order valence-electron chi connectivity index (χ1n) is 5.76. The Morgan fingerprint density at radius 1 is 1.32 bits per heavy atom. The topological polar surface area (TPSA) is 86.8 Å². The van der Waals surface area contributed by atoms with E-state index in [1.807, 2.05) is 24.4 Å². The van der Waals surface area contributed by atoms with Crippen LogP contribution in [0.25, 0.3) is 5.69 Å². The summed E-state index contributed by atoms with van der Waals surface area (Å²) in [7, 11) is 1.81. The summed E-state index contributed by atoms with van der Waals surface area (Å²) in [5.41, 5.74) is 1.43. The summed E-state index contributed by atoms with van der Waals surface area (Å²) in [5, 5.41) is 22.3. The van der Waals surface area contributed by atoms with Gasteiger partial charge in [-0.25, -0.2) is 4.68 Å². The highest BCUT2D eigenvalue weighted by Gasteiger charge is 2.06. The van der Waals surface area contributed by atoms with Gasteiger partial charge in [0.2, 0.25) is 5.90 Å². The lowest BCUT2D eigenvalue weighted by Gasteiger charge is -2.07. The maximum absolute atomic E-state index is 7.76. The van der Waals surface area contributed by atoms with Gasteiger partial charge in [-0.2, -0.15) is 5.10 Å². The molecule has 1 aromatic heterocycles. The Balaban J connectivity index is 2.28. The molecule has 0 amide bonds. The molecule has 0 saturated carbocycles. The molecule has 1 heterocycles. The fraction of sp³-hybridized carbons (Fsp3) is 0.154. The maximum Gasteiger partial charge on any atom is 0.220 e. The van der Waals surface area contributed by atoms with Gasteiger partial charge in [0, 0.05) is 31.8 Å². The number of aromatic nitrogens is 2. The van der Waals surface area contributed by atoms with Crippen molar-refractivity contribution in [2.75, 3.05) is 12.4 Å². The van der Waals surface area contributed by atoms with Crippen molar-refractivity contribution in [3.05, 3.63) is 42.1 Å². The molecule has 98 valence electrons. The quantitative estimate of drug-likeness (QED) is 0.582. The standard InChI is InChI=1S/C13H15N5O/c1-9(14)19-13(15)10-4-3-5-11(8-10)18-7-6-12(16-2)17-18/h3-8,14-15H,1-2H3,(H,16,17). The van der Waals surface area contributed by atoms with Crippen molar-refractivity contribution >= 4 is 17.6 Å². The summed E-state index contributed by atoms with van der Waals surface area (Å²) >= 11 is 0. The normalized spacial score (nSPS) is 10.0. The third-order valence-corrected chi connectivity index (χ3v) is 2.47. The van der Waals surface area contributed by atoms with E-state index in [9.17, 15) is 0 Å². The van der Waals surface area contributed by atoms with Crippen LogP contribution < -0.4 is 5.32 Å². The lowest BCUT2D eigenvalue weighted by molar-refractivity contribution is 0.532. The highest BCUT2D eigenvalue weighted by Crippen LogP contribution is 2.13. The third-order valence-electron chi connectivity index (χ3n) is 2.47. The van der Waals surface area contributed by atoms with E-state index in [-0.39, 0.29) is 11.8 Å². The zero-order chi connectivity index (χ0) is 13.8. The first-order chi connectivity index (χ1) is 9.10. The van der Waals surface area contributed by atoms with Crippen molar-refractivity contribution in [3.63, 3.8) is 0 Å². The number of anilines is 1. The van der Waals surface area contributed by atoms with E-state index < -0.39 is 0 Å². The summed E-state index contributed by atoms with van der Waals surface area (Å²) in [6, 6.07) is 9.12. The first-order valence-corrected chi connectivity index (χ1v) is 5.76. The number of nitrogens with one attached hydrogen (secondary N) is 3. The average Bonchev–Trinajstić information content (AvgIpc) is 2.87. The monoisotopic (exact) mass is 257 g/mol. The van der Waals surface area contributed by atoms with Crippen LogP contribution in [-0.4, -0.2) is 28.6 Å². The van der Waals surface area contributed by atoms with Crippen LogP contribution in [0, 0.1) is 10.8 Å². The Bertz CT molecular complexity index is 617. The van der Waals surface area contributed by atoms with Gasteiger partial charge in [0.05, 0.1) is 5.69 Å². The van der Waals surface area contributed by atoms with Gasteiger partial charge < -0.3 is 10.1 Å². The molecule has 2 rings (SSSR count). The fourth-order valence-corrected chi connectivity index (χ4v) is 1.60. The number of ether oxygens (including phenoxy) is 1. The minimum Gasteiger partial charge on any atom is -0.426 e. The molecule has 0 fully saturated rings. The van der Waals surface area contributed by atoms with Gasteiger partial charge in [-0.05, 0) is 18.2 Å². The highest BCUT2D eigenvalue weighted by atomic mass is 16.5. The van der Waals surface area contributed by atoms with Crippen LogP contribution in [0.3, 0.4) is 0 Å². The van der Waals surface area contributed by atoms with Crippen molar-refractivity contribution in [2.24, 2.45) is 0 Å². The van der Waals surface area contributed by atoms with E-state index in [0.717, 1.165) is 11.5 Å². The van der Waals surface area contributed by atoms with Crippen molar-refractivity contribution < 1.29 is 4.74 Å². The van der Waals surface area contributed by atoms with Gasteiger partial charge in [-0.1, -0.05) is 6.07 Å². The summed E-state index contributed by atoms with van der Waals surface area (Å²) in [6.07, 6.45) is 1.83. The van der Waals surface area contributed by atoms with Crippen molar-refractivity contribution in [3.8, 4) is 5.69 Å². The Morgan fingerprint density at radius 2 is 2.11 bits per heavy atom. The van der Waals surface area contributed by atoms with Crippen molar-refractivity contribution in [2.45, 2.75) is 6.92 Å². The molecule has 19 heavy (non-hydrogen) atoms. The SMILES string of the molecule is CNc1ccn(-c2cccc(C(=N)OC(C)=N)c2)n1. The minimum absolute atomic E-state index is 0.00744. The molecule has 1 aromatic carbocycles. The Morgan fingerprint density at radius 3 is 2.74 bits per heavy atom. The van der Waals surface area contributed by atoms with Gasteiger partial charge >= 0.3 is 0 Å². The number of rotatable bonds is 3. The molecule has 0 aliphatic carbocycles. The molecular weight excluding hydrogens is 242 g/mol. The second-order valence-electron chi connectivity index (χ2n) is 3.93. The van der Waals surface area contributed by atoms with Crippen LogP contribution in [0.1, 0.15) is 12.5 Å². The van der Waals surface area contributed by atoms with Crippen LogP contribution in [-0.2, 0) is 4.74 Å². The van der Waals surface area contributed by atoms with E-state index in [1.54, 1.807) is 23.9 Å². The summed E-state index contributed by atoms with van der Waals surface area (Å²) in [4.78, 5) is 0. The van der Waals surface area contributed by atoms with Gasteiger partial charge in [-0.3, -0.25) is 10.8 Å². The predicted octanol–water partition coefficient (Wildman–Crippen LogP) is 2.25. The van der Waals surface area contributed by atoms with E-state index in [0.29, 0.717) is 5.56 Å². The average molecular weight is 257 g/mol. The molecular formula is C13H15N5O. The number of benzene rings is 1. The Hall–Kier alpha value is -2.63. The number of hydrogen-bond donors (Lipinski definition) is 3. The molecule has 6 nitrogen and oxygen atoms in total. The molecule has 3 N–H and O–H groups in total. The van der Waals surface area contributed by atoms with Crippen molar-refractivity contribution in [1.29, 1.82) is 10.8 Å². The van der Waals surface area contributed by atoms with E-state index in [1.165, 1.54) is 6.92 Å². The van der Waals surface area contributed by atoms with Gasteiger partial charge in [0.25, 0.3) is 0 Å². The van der Waals surface area contributed by atoms with Gasteiger partial charge in [-0.15, -0.1) is 0 Å². The summed E-state index contributed by atoms with van der Waals surface area (Å²) < 4.78 is 6.69. The summed E-state index contributed by atoms with van der Waals surface area (Å²) in [6.45, 7) is 1.49. The number of hydrogen-bond acceptors (Lipinski definition) is 5. The maximum atomic E-state index is 7.76. The largest absolute Gasteiger partial charge is 0.426 e. The fourth-order valence-electron chi connectivity index (χ4n) is 1.60. The molecule has 0 saturated heterocycles. The van der Waals surface area contributed by atoms with Gasteiger partial charge in [0.1, 0.15) is 5.82 Å². The molecule has 0 unspecified atom stereocenters. The van der Waals surface area contributed by atoms with Crippen LogP contribution >= 0.6 is 0 Å². The minimum atomic E-state index is -0.0460. The second-order valence-corrected chi connectivity index (χ2v) is 3.93.